The molecule has 2 aromatic rings. The summed E-state index contributed by atoms with van der Waals surface area (Å²) in [7, 11) is 3.26. The lowest BCUT2D eigenvalue weighted by Gasteiger charge is -2.14. The summed E-state index contributed by atoms with van der Waals surface area (Å²) < 4.78 is 11.5. The van der Waals surface area contributed by atoms with Gasteiger partial charge in [0.05, 0.1) is 19.2 Å². The van der Waals surface area contributed by atoms with Crippen LogP contribution in [0.2, 0.25) is 5.02 Å². The van der Waals surface area contributed by atoms with Crippen molar-refractivity contribution in [3.63, 3.8) is 0 Å². The summed E-state index contributed by atoms with van der Waals surface area (Å²) in [5.74, 6) is 1.44. The third-order valence-electron chi connectivity index (χ3n) is 3.20. The highest BCUT2D eigenvalue weighted by molar-refractivity contribution is 9.10. The number of nitrogens with one attached hydrogen (secondary N) is 1. The van der Waals surface area contributed by atoms with Crippen LogP contribution in [-0.4, -0.2) is 14.2 Å². The zero-order chi connectivity index (χ0) is 15.4. The average molecular weight is 371 g/mol. The monoisotopic (exact) mass is 369 g/mol. The lowest BCUT2D eigenvalue weighted by Crippen LogP contribution is -2.02. The number of methoxy groups -OCH3 is 2. The molecule has 0 bridgehead atoms. The van der Waals surface area contributed by atoms with Crippen LogP contribution in [0.1, 0.15) is 11.1 Å². The van der Waals surface area contributed by atoms with Gasteiger partial charge in [-0.15, -0.1) is 0 Å². The highest BCUT2D eigenvalue weighted by Crippen LogP contribution is 2.33. The third kappa shape index (κ3) is 3.83. The van der Waals surface area contributed by atoms with Gasteiger partial charge in [-0.05, 0) is 52.2 Å². The van der Waals surface area contributed by atoms with Crippen molar-refractivity contribution in [2.45, 2.75) is 13.5 Å². The lowest BCUT2D eigenvalue weighted by atomic mass is 10.1. The Balaban J connectivity index is 2.17. The number of benzene rings is 2. The Kier molecular flexibility index (Phi) is 5.37. The molecule has 0 spiro atoms. The number of hydrogen-bond acceptors (Lipinski definition) is 3. The third-order valence-corrected chi connectivity index (χ3v) is 4.43. The standard InChI is InChI=1S/C16H17BrClNO2/c1-10-6-15(20-2)16(21-3)8-14(10)19-9-11-4-5-12(17)13(18)7-11/h4-8,19H,9H2,1-3H3. The minimum Gasteiger partial charge on any atom is -0.493 e. The van der Waals surface area contributed by atoms with Gasteiger partial charge in [-0.1, -0.05) is 17.7 Å². The second-order valence-electron chi connectivity index (χ2n) is 4.62. The molecule has 0 unspecified atom stereocenters. The second kappa shape index (κ2) is 7.05. The zero-order valence-corrected chi connectivity index (χ0v) is 14.5. The fraction of sp³-hybridized carbons (Fsp3) is 0.250. The summed E-state index contributed by atoms with van der Waals surface area (Å²) in [6, 6.07) is 9.80. The Labute approximate surface area is 138 Å². The first-order valence-electron chi connectivity index (χ1n) is 6.45. The quantitative estimate of drug-likeness (QED) is 0.800. The largest absolute Gasteiger partial charge is 0.493 e. The maximum Gasteiger partial charge on any atom is 0.162 e. The van der Waals surface area contributed by atoms with Crippen LogP contribution in [0.4, 0.5) is 5.69 Å². The van der Waals surface area contributed by atoms with Crippen molar-refractivity contribution in [3.8, 4) is 11.5 Å². The molecular weight excluding hydrogens is 354 g/mol. The molecule has 0 aliphatic rings. The molecule has 2 aromatic carbocycles. The fourth-order valence-corrected chi connectivity index (χ4v) is 2.47. The highest BCUT2D eigenvalue weighted by atomic mass is 79.9. The van der Waals surface area contributed by atoms with E-state index in [1.807, 2.05) is 37.3 Å². The molecule has 21 heavy (non-hydrogen) atoms. The lowest BCUT2D eigenvalue weighted by molar-refractivity contribution is 0.355. The van der Waals surface area contributed by atoms with Crippen molar-refractivity contribution < 1.29 is 9.47 Å². The van der Waals surface area contributed by atoms with Crippen molar-refractivity contribution >= 4 is 33.2 Å². The van der Waals surface area contributed by atoms with E-state index in [1.54, 1.807) is 14.2 Å². The number of rotatable bonds is 5. The fourth-order valence-electron chi connectivity index (χ4n) is 2.02. The van der Waals surface area contributed by atoms with Gasteiger partial charge in [0, 0.05) is 22.8 Å². The zero-order valence-electron chi connectivity index (χ0n) is 12.2. The smallest absolute Gasteiger partial charge is 0.162 e. The molecule has 0 atom stereocenters. The van der Waals surface area contributed by atoms with Gasteiger partial charge in [0.25, 0.3) is 0 Å². The van der Waals surface area contributed by atoms with Crippen LogP contribution < -0.4 is 14.8 Å². The normalized spacial score (nSPS) is 10.3. The molecule has 0 heterocycles. The van der Waals surface area contributed by atoms with E-state index in [-0.39, 0.29) is 0 Å². The molecule has 0 fully saturated rings. The van der Waals surface area contributed by atoms with E-state index >= 15 is 0 Å². The van der Waals surface area contributed by atoms with Gasteiger partial charge >= 0.3 is 0 Å². The van der Waals surface area contributed by atoms with E-state index in [9.17, 15) is 0 Å². The Morgan fingerprint density at radius 2 is 1.76 bits per heavy atom. The maximum absolute atomic E-state index is 6.10. The number of aryl methyl sites for hydroxylation is 1. The molecule has 0 aliphatic carbocycles. The van der Waals surface area contributed by atoms with Gasteiger partial charge in [-0.2, -0.15) is 0 Å². The molecule has 3 nitrogen and oxygen atoms in total. The van der Waals surface area contributed by atoms with Gasteiger partial charge in [-0.25, -0.2) is 0 Å². The van der Waals surface area contributed by atoms with Crippen molar-refractivity contribution in [3.05, 3.63) is 51.0 Å². The molecule has 0 saturated heterocycles. The molecule has 0 saturated carbocycles. The summed E-state index contributed by atoms with van der Waals surface area (Å²) in [6.07, 6.45) is 0. The van der Waals surface area contributed by atoms with Crippen molar-refractivity contribution in [2.75, 3.05) is 19.5 Å². The van der Waals surface area contributed by atoms with E-state index in [0.29, 0.717) is 17.3 Å². The molecule has 0 aromatic heterocycles. The summed E-state index contributed by atoms with van der Waals surface area (Å²) in [4.78, 5) is 0. The first-order valence-corrected chi connectivity index (χ1v) is 7.62. The van der Waals surface area contributed by atoms with Crippen LogP contribution in [0.25, 0.3) is 0 Å². The number of anilines is 1. The van der Waals surface area contributed by atoms with Gasteiger partial charge in [-0.3, -0.25) is 0 Å². The van der Waals surface area contributed by atoms with Crippen LogP contribution in [-0.2, 0) is 6.54 Å². The maximum atomic E-state index is 6.10. The summed E-state index contributed by atoms with van der Waals surface area (Å²) in [6.45, 7) is 2.71. The van der Waals surface area contributed by atoms with Crippen LogP contribution in [0, 0.1) is 6.92 Å². The molecule has 0 radical (unpaired) electrons. The molecular formula is C16H17BrClNO2. The van der Waals surface area contributed by atoms with Crippen LogP contribution in [0.5, 0.6) is 11.5 Å². The van der Waals surface area contributed by atoms with E-state index in [0.717, 1.165) is 27.0 Å². The number of ether oxygens (including phenoxy) is 2. The molecule has 2 rings (SSSR count). The van der Waals surface area contributed by atoms with Crippen molar-refractivity contribution in [1.29, 1.82) is 0 Å². The van der Waals surface area contributed by atoms with Gasteiger partial charge in [0.15, 0.2) is 11.5 Å². The predicted molar refractivity (Wildman–Crippen MR) is 90.8 cm³/mol. The average Bonchev–Trinajstić information content (AvgIpc) is 2.49. The second-order valence-corrected chi connectivity index (χ2v) is 5.89. The Hall–Kier alpha value is -1.39. The van der Waals surface area contributed by atoms with Crippen molar-refractivity contribution in [2.24, 2.45) is 0 Å². The molecule has 1 N–H and O–H groups in total. The molecule has 112 valence electrons. The van der Waals surface area contributed by atoms with E-state index in [1.165, 1.54) is 0 Å². The molecule has 5 heteroatoms. The Morgan fingerprint density at radius 1 is 1.10 bits per heavy atom. The van der Waals surface area contributed by atoms with Crippen LogP contribution in [0.15, 0.2) is 34.8 Å². The summed E-state index contributed by atoms with van der Waals surface area (Å²) in [5, 5.41) is 4.10. The first-order chi connectivity index (χ1) is 10.0. The molecule has 0 amide bonds. The minimum atomic E-state index is 0.684. The number of halogens is 2. The number of hydrogen-bond donors (Lipinski definition) is 1. The Bertz CT molecular complexity index is 646. The topological polar surface area (TPSA) is 30.5 Å². The Morgan fingerprint density at radius 3 is 2.38 bits per heavy atom. The van der Waals surface area contributed by atoms with Gasteiger partial charge in [0.1, 0.15) is 0 Å². The van der Waals surface area contributed by atoms with Crippen molar-refractivity contribution in [1.82, 2.24) is 0 Å². The van der Waals surface area contributed by atoms with Gasteiger partial charge < -0.3 is 14.8 Å². The van der Waals surface area contributed by atoms with Crippen LogP contribution >= 0.6 is 27.5 Å². The van der Waals surface area contributed by atoms with Crippen LogP contribution in [0.3, 0.4) is 0 Å². The summed E-state index contributed by atoms with van der Waals surface area (Å²) in [5.41, 5.74) is 3.21. The summed E-state index contributed by atoms with van der Waals surface area (Å²) >= 11 is 9.49. The predicted octanol–water partition coefficient (Wildman–Crippen LogP) is 5.04. The van der Waals surface area contributed by atoms with E-state index in [4.69, 9.17) is 21.1 Å². The van der Waals surface area contributed by atoms with E-state index in [2.05, 4.69) is 21.2 Å². The SMILES string of the molecule is COc1cc(C)c(NCc2ccc(Br)c(Cl)c2)cc1OC. The van der Waals surface area contributed by atoms with E-state index < -0.39 is 0 Å². The minimum absolute atomic E-state index is 0.684. The van der Waals surface area contributed by atoms with Gasteiger partial charge in [0.2, 0.25) is 0 Å². The molecule has 0 aliphatic heterocycles. The first kappa shape index (κ1) is 16.0. The highest BCUT2D eigenvalue weighted by Gasteiger charge is 2.08.